The van der Waals surface area contributed by atoms with Crippen molar-refractivity contribution in [3.05, 3.63) is 71.8 Å². The fourth-order valence-corrected chi connectivity index (χ4v) is 18.0. The number of esters is 4. The number of aliphatic hydroxyl groups is 2. The number of unbranched alkanes of at least 4 members (excludes halogenated alkanes) is 12. The molecule has 2 aliphatic heterocycles. The van der Waals surface area contributed by atoms with Gasteiger partial charge in [-0.1, -0.05) is 188 Å². The van der Waals surface area contributed by atoms with Crippen LogP contribution in [0.2, 0.25) is 0 Å². The first-order valence-electron chi connectivity index (χ1n) is 45.4. The molecule has 0 radical (unpaired) electrons. The maximum absolute atomic E-state index is 11.2. The molecule has 4 fully saturated rings. The molecule has 2 aromatic rings. The van der Waals surface area contributed by atoms with Gasteiger partial charge in [0.25, 0.3) is 8.53 Å². The van der Waals surface area contributed by atoms with Gasteiger partial charge in [0.15, 0.2) is 5.90 Å². The van der Waals surface area contributed by atoms with Gasteiger partial charge >= 0.3 is 23.9 Å². The summed E-state index contributed by atoms with van der Waals surface area (Å²) >= 11 is 0. The van der Waals surface area contributed by atoms with Crippen LogP contribution in [0.25, 0.3) is 0 Å². The van der Waals surface area contributed by atoms with Crippen molar-refractivity contribution in [2.75, 3.05) is 85.9 Å². The van der Waals surface area contributed by atoms with Crippen LogP contribution in [0.1, 0.15) is 278 Å². The van der Waals surface area contributed by atoms with Crippen molar-refractivity contribution in [2.45, 2.75) is 329 Å². The van der Waals surface area contributed by atoms with Crippen LogP contribution < -0.4 is 0 Å². The highest BCUT2D eigenvalue weighted by atomic mass is 31.2. The lowest BCUT2D eigenvalue weighted by Crippen LogP contribution is -2.49. The Morgan fingerprint density at radius 2 is 0.788 bits per heavy atom. The van der Waals surface area contributed by atoms with E-state index in [0.29, 0.717) is 154 Å². The molecule has 678 valence electrons. The van der Waals surface area contributed by atoms with E-state index in [1.54, 1.807) is 0 Å². The highest BCUT2D eigenvalue weighted by Gasteiger charge is 2.47. The second-order valence-electron chi connectivity index (χ2n) is 34.7. The third-order valence-electron chi connectivity index (χ3n) is 25.2. The number of rotatable bonds is 48. The summed E-state index contributed by atoms with van der Waals surface area (Å²) in [6.07, 6.45) is 20.8. The first kappa shape index (κ1) is 107. The molecule has 118 heavy (non-hydrogen) atoms. The highest BCUT2D eigenvalue weighted by molar-refractivity contribution is 7.44. The topological polar surface area (TPSA) is 268 Å². The Kier molecular flexibility index (Phi) is 57.6. The molecular formula is C95H164N3O19P. The number of nitrogens with zero attached hydrogens (tertiary/aromatic N) is 3. The number of benzene rings is 2. The van der Waals surface area contributed by atoms with E-state index >= 15 is 0 Å². The summed E-state index contributed by atoms with van der Waals surface area (Å²) in [5.41, 5.74) is 2.46. The Hall–Kier alpha value is -4.73. The monoisotopic (exact) mass is 1680 g/mol. The quantitative estimate of drug-likeness (QED) is 0.0270. The van der Waals surface area contributed by atoms with Gasteiger partial charge in [-0.25, -0.2) is 9.66 Å². The molecule has 7 rings (SSSR count). The fourth-order valence-electron chi connectivity index (χ4n) is 16.4. The molecule has 21 atom stereocenters. The van der Waals surface area contributed by atoms with Crippen molar-refractivity contribution in [1.82, 2.24) is 4.67 Å². The zero-order chi connectivity index (χ0) is 87.3. The number of carbonyl (C=O) groups excluding carboxylic acids is 4. The Morgan fingerprint density at radius 1 is 0.449 bits per heavy atom. The van der Waals surface area contributed by atoms with Gasteiger partial charge < -0.3 is 71.4 Å². The molecule has 2 N–H and O–H groups in total. The summed E-state index contributed by atoms with van der Waals surface area (Å²) in [4.78, 5) is 48.7. The Balaban J connectivity index is 0.000000394. The number of hydrogen-bond acceptors (Lipinski definition) is 22. The van der Waals surface area contributed by atoms with Crippen molar-refractivity contribution in [3.63, 3.8) is 0 Å². The van der Waals surface area contributed by atoms with Crippen molar-refractivity contribution < 1.29 is 90.5 Å². The molecular weight excluding hydrogens is 1520 g/mol. The first-order chi connectivity index (χ1) is 56.5. The van der Waals surface area contributed by atoms with Crippen molar-refractivity contribution >= 4 is 38.3 Å². The molecule has 9 unspecified atom stereocenters. The molecule has 0 amide bonds. The Labute approximate surface area is 715 Å². The number of aliphatic imine (C=N–C) groups is 1. The van der Waals surface area contributed by atoms with E-state index in [2.05, 4.69) is 144 Å². The van der Waals surface area contributed by atoms with Crippen LogP contribution in [0.4, 0.5) is 0 Å². The largest absolute Gasteiger partial charge is 0.466 e. The minimum atomic E-state index is -1.15. The molecule has 5 aliphatic rings. The summed E-state index contributed by atoms with van der Waals surface area (Å²) < 4.78 is 76.5. The number of aliphatic hydroxyl groups excluding tert-OH is 2. The van der Waals surface area contributed by atoms with E-state index in [-0.39, 0.29) is 79.8 Å². The first-order valence-corrected chi connectivity index (χ1v) is 46.5. The van der Waals surface area contributed by atoms with Crippen LogP contribution in [-0.4, -0.2) is 179 Å². The molecule has 1 saturated heterocycles. The smallest absolute Gasteiger partial charge is 0.302 e. The predicted molar refractivity (Wildman–Crippen MR) is 469 cm³/mol. The fraction of sp³-hybridized carbons (Fsp3) is 0.811. The van der Waals surface area contributed by atoms with Gasteiger partial charge in [-0.15, -0.1) is 0 Å². The standard InChI is InChI=1S/C27H51N2O5P.C25H40O4.C18H34O4.C13H20O2.C12H19NO4/c1-20(2)29(21(3)4)35(34-17-13-14-28)33-16-12-10-9-11-15-31-27-18-26(19-32-25(8)30)23(6)22(5)24(27)7;1-19-20(2)24(18-29-22(4)26)16-25(21(19)3)28-15-11-6-5-10-14-27-17-23-12-8-7-9-13-23;1-13-14(2)17(12-22-16(4)20)11-18(15(13)3)21-10-8-6-5-7-9-19;14-10-6-1-2-7-11-15-12-13-8-4-3-5-9-13;1-6-7(2)11-12(16-8(3)13-11)17-10(6)5-15-9(4)14/h20-24,26-27H,9-13,15-19H2,1-8H3;7-9,12-13,19-21,24-25H,5-6,10-11,14-18H2,1-4H3;13-15,17-19H,5-12H2,1-4H3;3-5,8-9,14H,1-2,6-7,10-12H2;6-7,10-12H,5H2,1-4H3/t22-,23+,24?,26?,27+,35?;19-,20+,21?,24?,25+;13-,14+,15?,17?,18+;;6-,7+,10?,11?,12+/m000.1/s1. The minimum absolute atomic E-state index is 0.0681. The summed E-state index contributed by atoms with van der Waals surface area (Å²) in [6, 6.07) is 23.4. The number of hydrogen-bond donors (Lipinski definition) is 2. The van der Waals surface area contributed by atoms with Gasteiger partial charge in [-0.2, -0.15) is 5.26 Å². The maximum atomic E-state index is 11.2. The van der Waals surface area contributed by atoms with E-state index < -0.39 is 8.53 Å². The van der Waals surface area contributed by atoms with E-state index in [4.69, 9.17) is 76.6 Å². The minimum Gasteiger partial charge on any atom is -0.466 e. The molecule has 0 aromatic heterocycles. The third-order valence-corrected chi connectivity index (χ3v) is 27.3. The molecule has 3 saturated carbocycles. The van der Waals surface area contributed by atoms with E-state index in [1.807, 2.05) is 43.3 Å². The molecule has 23 heteroatoms. The predicted octanol–water partition coefficient (Wildman–Crippen LogP) is 19.9. The van der Waals surface area contributed by atoms with Gasteiger partial charge in [0.2, 0.25) is 6.29 Å². The van der Waals surface area contributed by atoms with E-state index in [0.717, 1.165) is 142 Å². The van der Waals surface area contributed by atoms with E-state index in [9.17, 15) is 19.2 Å². The van der Waals surface area contributed by atoms with Crippen molar-refractivity contribution in [2.24, 2.45) is 87.8 Å². The Bertz CT molecular complexity index is 2980. The Morgan fingerprint density at radius 3 is 1.14 bits per heavy atom. The molecule has 0 spiro atoms. The van der Waals surface area contributed by atoms with Gasteiger partial charge in [0, 0.05) is 93.0 Å². The van der Waals surface area contributed by atoms with Crippen LogP contribution in [0.3, 0.4) is 0 Å². The SMILES string of the molecule is CC(=O)OCC1C[C@@H](OCCCCCCO)C(C)[C@@H](C)[C@H]1C.CC(=O)OCC1C[C@@H](OCCCCCCOCc2ccccc2)C(C)[C@@H](C)[C@H]1C.CC(=O)OCC1C[C@@H](OCCCCCCOP(OCCC#N)N(C(C)C)C(C)C)C(C)[C@@H](C)[C@H]1C.CC(=O)OCC1O[C@@H]2OC(C)=NC2[C@@H](C)[C@H]1C.OCCCCCCOCc1ccccc1. The van der Waals surface area contributed by atoms with Crippen LogP contribution in [0.15, 0.2) is 65.7 Å². The average molecular weight is 1680 g/mol. The zero-order valence-electron chi connectivity index (χ0n) is 76.8. The molecule has 2 heterocycles. The molecule has 0 bridgehead atoms. The van der Waals surface area contributed by atoms with Gasteiger partial charge in [0.1, 0.15) is 12.6 Å². The lowest BCUT2D eigenvalue weighted by atomic mass is 9.67. The summed E-state index contributed by atoms with van der Waals surface area (Å²) in [6.45, 7) is 50.0. The highest BCUT2D eigenvalue weighted by Crippen LogP contribution is 2.47. The lowest BCUT2D eigenvalue weighted by Gasteiger charge is -2.43. The lowest BCUT2D eigenvalue weighted by molar-refractivity contribution is -0.202. The number of ether oxygens (including phenoxy) is 11. The second-order valence-corrected chi connectivity index (χ2v) is 36.2. The van der Waals surface area contributed by atoms with Gasteiger partial charge in [0.05, 0.1) is 83.2 Å². The average Bonchev–Trinajstić information content (AvgIpc) is 1.54. The normalized spacial score (nSPS) is 27.3. The van der Waals surface area contributed by atoms with Crippen molar-refractivity contribution in [1.29, 1.82) is 5.26 Å². The van der Waals surface area contributed by atoms with Crippen LogP contribution >= 0.6 is 8.53 Å². The van der Waals surface area contributed by atoms with Crippen LogP contribution in [0.5, 0.6) is 0 Å². The number of nitriles is 1. The summed E-state index contributed by atoms with van der Waals surface area (Å²) in [5.74, 6) is 6.56. The van der Waals surface area contributed by atoms with Crippen LogP contribution in [0, 0.1) is 94.2 Å². The summed E-state index contributed by atoms with van der Waals surface area (Å²) in [7, 11) is -1.15. The van der Waals surface area contributed by atoms with Gasteiger partial charge in [-0.05, 0) is 192 Å². The van der Waals surface area contributed by atoms with Crippen LogP contribution in [-0.2, 0) is 93.5 Å². The van der Waals surface area contributed by atoms with E-state index in [1.165, 1.54) is 51.7 Å². The zero-order valence-corrected chi connectivity index (χ0v) is 77.7. The summed E-state index contributed by atoms with van der Waals surface area (Å²) in [5, 5.41) is 26.2. The molecule has 2 aromatic carbocycles. The number of fused-ring (bicyclic) bond motifs is 1. The molecule has 22 nitrogen and oxygen atoms in total. The molecule has 3 aliphatic carbocycles. The van der Waals surface area contributed by atoms with Crippen molar-refractivity contribution in [3.8, 4) is 6.07 Å². The maximum Gasteiger partial charge on any atom is 0.302 e. The number of carbonyl (C=O) groups is 4. The second kappa shape index (κ2) is 63.2. The van der Waals surface area contributed by atoms with Gasteiger partial charge in [-0.3, -0.25) is 19.2 Å². The third kappa shape index (κ3) is 43.5.